The number of hydrogen-bond acceptors (Lipinski definition) is 1. The van der Waals surface area contributed by atoms with E-state index in [0.29, 0.717) is 5.96 Å². The summed E-state index contributed by atoms with van der Waals surface area (Å²) in [5.74, 6) is 0.657. The standard InChI is InChI=1S/C9H21N3/c1-5-11(6-2)9(10)12(7-3)8-4/h10H,5-8H2,1-4H3. The van der Waals surface area contributed by atoms with E-state index >= 15 is 0 Å². The number of guanidine groups is 1. The molecule has 0 aromatic rings. The smallest absolute Gasteiger partial charge is 0.193 e. The summed E-state index contributed by atoms with van der Waals surface area (Å²) in [6.07, 6.45) is 0. The zero-order valence-corrected chi connectivity index (χ0v) is 8.72. The molecule has 0 atom stereocenters. The third-order valence-electron chi connectivity index (χ3n) is 2.13. The minimum Gasteiger partial charge on any atom is -0.344 e. The van der Waals surface area contributed by atoms with Gasteiger partial charge in [-0.15, -0.1) is 0 Å². The second-order valence-electron chi connectivity index (χ2n) is 2.67. The molecular weight excluding hydrogens is 150 g/mol. The van der Waals surface area contributed by atoms with E-state index < -0.39 is 0 Å². The molecule has 0 rings (SSSR count). The quantitative estimate of drug-likeness (QED) is 0.514. The van der Waals surface area contributed by atoms with Crippen LogP contribution in [-0.4, -0.2) is 41.9 Å². The lowest BCUT2D eigenvalue weighted by Gasteiger charge is -2.30. The van der Waals surface area contributed by atoms with E-state index in [4.69, 9.17) is 5.41 Å². The molecule has 0 spiro atoms. The second-order valence-corrected chi connectivity index (χ2v) is 2.67. The van der Waals surface area contributed by atoms with Crippen LogP contribution in [0.3, 0.4) is 0 Å². The molecule has 0 aromatic heterocycles. The first kappa shape index (κ1) is 11.3. The van der Waals surface area contributed by atoms with Crippen molar-refractivity contribution in [1.29, 1.82) is 5.41 Å². The van der Waals surface area contributed by atoms with E-state index in [0.717, 1.165) is 26.2 Å². The maximum Gasteiger partial charge on any atom is 0.193 e. The molecule has 72 valence electrons. The lowest BCUT2D eigenvalue weighted by atomic mass is 10.4. The largest absolute Gasteiger partial charge is 0.344 e. The van der Waals surface area contributed by atoms with E-state index in [1.54, 1.807) is 0 Å². The highest BCUT2D eigenvalue weighted by Gasteiger charge is 2.10. The van der Waals surface area contributed by atoms with Gasteiger partial charge < -0.3 is 9.80 Å². The summed E-state index contributed by atoms with van der Waals surface area (Å²) in [4.78, 5) is 4.12. The number of nitrogens with one attached hydrogen (secondary N) is 1. The first-order chi connectivity index (χ1) is 5.71. The lowest BCUT2D eigenvalue weighted by Crippen LogP contribution is -2.43. The highest BCUT2D eigenvalue weighted by atomic mass is 15.3. The Morgan fingerprint density at radius 1 is 0.833 bits per heavy atom. The fourth-order valence-corrected chi connectivity index (χ4v) is 1.25. The van der Waals surface area contributed by atoms with Crippen LogP contribution >= 0.6 is 0 Å². The van der Waals surface area contributed by atoms with Gasteiger partial charge in [-0.05, 0) is 27.7 Å². The van der Waals surface area contributed by atoms with Crippen molar-refractivity contribution in [3.63, 3.8) is 0 Å². The molecule has 3 nitrogen and oxygen atoms in total. The van der Waals surface area contributed by atoms with Crippen LogP contribution in [0.1, 0.15) is 27.7 Å². The SMILES string of the molecule is CCN(CC)C(=N)N(CC)CC. The minimum atomic E-state index is 0.657. The van der Waals surface area contributed by atoms with Gasteiger partial charge in [0, 0.05) is 26.2 Å². The average molecular weight is 171 g/mol. The van der Waals surface area contributed by atoms with E-state index in [2.05, 4.69) is 37.5 Å². The van der Waals surface area contributed by atoms with Crippen LogP contribution in [0.15, 0.2) is 0 Å². The highest BCUT2D eigenvalue weighted by molar-refractivity contribution is 5.76. The van der Waals surface area contributed by atoms with E-state index in [9.17, 15) is 0 Å². The summed E-state index contributed by atoms with van der Waals surface area (Å²) >= 11 is 0. The predicted octanol–water partition coefficient (Wildman–Crippen LogP) is 1.60. The Hall–Kier alpha value is -0.730. The zero-order valence-electron chi connectivity index (χ0n) is 8.72. The predicted molar refractivity (Wildman–Crippen MR) is 53.6 cm³/mol. The van der Waals surface area contributed by atoms with Gasteiger partial charge >= 0.3 is 0 Å². The Bertz CT molecular complexity index is 112. The molecule has 3 heteroatoms. The number of nitrogens with zero attached hydrogens (tertiary/aromatic N) is 2. The van der Waals surface area contributed by atoms with Gasteiger partial charge in [-0.2, -0.15) is 0 Å². The third kappa shape index (κ3) is 2.72. The van der Waals surface area contributed by atoms with Crippen molar-refractivity contribution < 1.29 is 0 Å². The monoisotopic (exact) mass is 171 g/mol. The maximum absolute atomic E-state index is 7.86. The van der Waals surface area contributed by atoms with Gasteiger partial charge in [0.05, 0.1) is 0 Å². The Labute approximate surface area is 75.9 Å². The van der Waals surface area contributed by atoms with Crippen LogP contribution in [0, 0.1) is 5.41 Å². The summed E-state index contributed by atoms with van der Waals surface area (Å²) in [5.41, 5.74) is 0. The van der Waals surface area contributed by atoms with E-state index in [1.165, 1.54) is 0 Å². The Kier molecular flexibility index (Phi) is 5.51. The molecule has 0 aliphatic heterocycles. The van der Waals surface area contributed by atoms with Gasteiger partial charge in [-0.1, -0.05) is 0 Å². The van der Waals surface area contributed by atoms with Crippen molar-refractivity contribution in [1.82, 2.24) is 9.80 Å². The molecule has 0 saturated carbocycles. The molecule has 0 aliphatic rings. The fourth-order valence-electron chi connectivity index (χ4n) is 1.25. The molecule has 0 aliphatic carbocycles. The molecule has 1 N–H and O–H groups in total. The Morgan fingerprint density at radius 2 is 1.08 bits per heavy atom. The number of hydrogen-bond donors (Lipinski definition) is 1. The van der Waals surface area contributed by atoms with Crippen LogP contribution in [0.5, 0.6) is 0 Å². The fraction of sp³-hybridized carbons (Fsp3) is 0.889. The van der Waals surface area contributed by atoms with Crippen molar-refractivity contribution in [2.75, 3.05) is 26.2 Å². The zero-order chi connectivity index (χ0) is 9.56. The van der Waals surface area contributed by atoms with Crippen LogP contribution in [-0.2, 0) is 0 Å². The molecular formula is C9H21N3. The van der Waals surface area contributed by atoms with E-state index in [-0.39, 0.29) is 0 Å². The molecule has 0 saturated heterocycles. The molecule has 0 fully saturated rings. The summed E-state index contributed by atoms with van der Waals surface area (Å²) in [5, 5.41) is 7.86. The van der Waals surface area contributed by atoms with Gasteiger partial charge in [0.15, 0.2) is 5.96 Å². The van der Waals surface area contributed by atoms with Gasteiger partial charge in [0.2, 0.25) is 0 Å². The molecule has 0 aromatic carbocycles. The first-order valence-electron chi connectivity index (χ1n) is 4.79. The molecule has 0 amide bonds. The molecule has 0 bridgehead atoms. The van der Waals surface area contributed by atoms with Crippen molar-refractivity contribution in [3.05, 3.63) is 0 Å². The third-order valence-corrected chi connectivity index (χ3v) is 2.13. The molecule has 12 heavy (non-hydrogen) atoms. The highest BCUT2D eigenvalue weighted by Crippen LogP contribution is 1.96. The molecule has 0 radical (unpaired) electrons. The average Bonchev–Trinajstić information content (AvgIpc) is 2.09. The van der Waals surface area contributed by atoms with Gasteiger partial charge in [-0.25, -0.2) is 0 Å². The Morgan fingerprint density at radius 3 is 1.25 bits per heavy atom. The summed E-state index contributed by atoms with van der Waals surface area (Å²) in [6.45, 7) is 12.0. The van der Waals surface area contributed by atoms with Crippen molar-refractivity contribution in [2.24, 2.45) is 0 Å². The summed E-state index contributed by atoms with van der Waals surface area (Å²) in [7, 11) is 0. The normalized spacial score (nSPS) is 9.67. The van der Waals surface area contributed by atoms with Gasteiger partial charge in [-0.3, -0.25) is 5.41 Å². The summed E-state index contributed by atoms with van der Waals surface area (Å²) < 4.78 is 0. The molecule has 0 unspecified atom stereocenters. The first-order valence-corrected chi connectivity index (χ1v) is 4.79. The van der Waals surface area contributed by atoms with Crippen molar-refractivity contribution in [3.8, 4) is 0 Å². The van der Waals surface area contributed by atoms with Crippen LogP contribution in [0.2, 0.25) is 0 Å². The maximum atomic E-state index is 7.86. The van der Waals surface area contributed by atoms with Crippen molar-refractivity contribution >= 4 is 5.96 Å². The van der Waals surface area contributed by atoms with Crippen LogP contribution < -0.4 is 0 Å². The van der Waals surface area contributed by atoms with Gasteiger partial charge in [0.1, 0.15) is 0 Å². The minimum absolute atomic E-state index is 0.657. The van der Waals surface area contributed by atoms with E-state index in [1.807, 2.05) is 0 Å². The topological polar surface area (TPSA) is 30.3 Å². The second kappa shape index (κ2) is 5.86. The van der Waals surface area contributed by atoms with Crippen LogP contribution in [0.25, 0.3) is 0 Å². The Balaban J connectivity index is 4.12. The van der Waals surface area contributed by atoms with Crippen molar-refractivity contribution in [2.45, 2.75) is 27.7 Å². The van der Waals surface area contributed by atoms with Crippen LogP contribution in [0.4, 0.5) is 0 Å². The lowest BCUT2D eigenvalue weighted by molar-refractivity contribution is 0.347. The summed E-state index contributed by atoms with van der Waals surface area (Å²) in [6, 6.07) is 0. The number of rotatable bonds is 4. The molecule has 0 heterocycles. The van der Waals surface area contributed by atoms with Gasteiger partial charge in [0.25, 0.3) is 0 Å².